The van der Waals surface area contributed by atoms with E-state index in [0.29, 0.717) is 54.3 Å². The van der Waals surface area contributed by atoms with Gasteiger partial charge in [0.15, 0.2) is 16.6 Å². The van der Waals surface area contributed by atoms with Crippen LogP contribution in [0.15, 0.2) is 42.5 Å². The number of fused-ring (bicyclic) bond motifs is 1. The lowest BCUT2D eigenvalue weighted by atomic mass is 10.2. The van der Waals surface area contributed by atoms with Crippen LogP contribution in [-0.4, -0.2) is 73.9 Å². The summed E-state index contributed by atoms with van der Waals surface area (Å²) >= 11 is 5.59. The monoisotopic (exact) mass is 443 g/mol. The van der Waals surface area contributed by atoms with Crippen molar-refractivity contribution in [3.8, 4) is 23.0 Å². The molecule has 2 aromatic rings. The summed E-state index contributed by atoms with van der Waals surface area (Å²) < 4.78 is 22.2. The molecule has 2 heterocycles. The number of amides is 1. The van der Waals surface area contributed by atoms with E-state index in [2.05, 4.69) is 5.32 Å². The molecule has 31 heavy (non-hydrogen) atoms. The van der Waals surface area contributed by atoms with Gasteiger partial charge in [-0.05, 0) is 36.5 Å². The lowest BCUT2D eigenvalue weighted by Gasteiger charge is -2.38. The Morgan fingerprint density at radius 2 is 1.74 bits per heavy atom. The first-order chi connectivity index (χ1) is 15.1. The fourth-order valence-electron chi connectivity index (χ4n) is 3.58. The van der Waals surface area contributed by atoms with Crippen molar-refractivity contribution in [2.75, 3.05) is 52.3 Å². The molecule has 0 aromatic heterocycles. The third kappa shape index (κ3) is 4.61. The van der Waals surface area contributed by atoms with Crippen molar-refractivity contribution >= 4 is 28.9 Å². The first-order valence-electron chi connectivity index (χ1n) is 10.0. The van der Waals surface area contributed by atoms with Crippen LogP contribution in [0.2, 0.25) is 0 Å². The number of carbonyl (C=O) groups is 1. The average molecular weight is 444 g/mol. The molecule has 1 N–H and O–H groups in total. The molecule has 0 bridgehead atoms. The van der Waals surface area contributed by atoms with Crippen LogP contribution < -0.4 is 24.3 Å². The van der Waals surface area contributed by atoms with E-state index in [1.165, 1.54) is 0 Å². The molecule has 8 nitrogen and oxygen atoms in total. The highest BCUT2D eigenvalue weighted by molar-refractivity contribution is 7.80. The molecule has 4 rings (SSSR count). The first-order valence-corrected chi connectivity index (χ1v) is 10.4. The Bertz CT molecular complexity index is 962. The maximum Gasteiger partial charge on any atom is 0.267 e. The van der Waals surface area contributed by atoms with Gasteiger partial charge in [0.25, 0.3) is 5.91 Å². The van der Waals surface area contributed by atoms with Crippen LogP contribution in [0.4, 0.5) is 5.69 Å². The number of ether oxygens (including phenoxy) is 4. The van der Waals surface area contributed by atoms with E-state index in [9.17, 15) is 4.79 Å². The second kappa shape index (κ2) is 9.30. The number of thiocarbonyl (C=S) groups is 1. The highest BCUT2D eigenvalue weighted by atomic mass is 32.1. The zero-order valence-corrected chi connectivity index (χ0v) is 18.3. The number of para-hydroxylation sites is 2. The number of rotatable bonds is 4. The Morgan fingerprint density at radius 1 is 1.03 bits per heavy atom. The van der Waals surface area contributed by atoms with Crippen LogP contribution in [0.25, 0.3) is 0 Å². The summed E-state index contributed by atoms with van der Waals surface area (Å²) in [6.07, 6.45) is -0.632. The minimum Gasteiger partial charge on any atom is -0.497 e. The standard InChI is InChI=1S/C22H25N3O5S/c1-27-15-7-8-17(28-2)16(13-15)23-22(31)25-11-9-24(10-12-25)21(26)20-14-29-18-5-3-4-6-19(18)30-20/h3-8,13,20H,9-12,14H2,1-2H3,(H,23,31). The molecule has 1 unspecified atom stereocenters. The topological polar surface area (TPSA) is 72.5 Å². The number of nitrogens with one attached hydrogen (secondary N) is 1. The van der Waals surface area contributed by atoms with Gasteiger partial charge in [-0.15, -0.1) is 0 Å². The molecule has 0 spiro atoms. The maximum absolute atomic E-state index is 12.9. The molecule has 164 valence electrons. The molecule has 2 aliphatic heterocycles. The van der Waals surface area contributed by atoms with Gasteiger partial charge in [-0.2, -0.15) is 0 Å². The molecule has 1 amide bonds. The Kier molecular flexibility index (Phi) is 6.31. The molecule has 1 atom stereocenters. The van der Waals surface area contributed by atoms with Gasteiger partial charge < -0.3 is 34.1 Å². The van der Waals surface area contributed by atoms with Gasteiger partial charge in [0, 0.05) is 32.2 Å². The van der Waals surface area contributed by atoms with E-state index in [-0.39, 0.29) is 12.5 Å². The molecule has 9 heteroatoms. The van der Waals surface area contributed by atoms with Crippen LogP contribution >= 0.6 is 12.2 Å². The van der Waals surface area contributed by atoms with Gasteiger partial charge in [-0.3, -0.25) is 4.79 Å². The fourth-order valence-corrected chi connectivity index (χ4v) is 3.87. The Hall–Kier alpha value is -3.20. The summed E-state index contributed by atoms with van der Waals surface area (Å²) in [5, 5.41) is 3.80. The number of carbonyl (C=O) groups excluding carboxylic acids is 1. The van der Waals surface area contributed by atoms with E-state index < -0.39 is 6.10 Å². The Labute approximate surface area is 186 Å². The van der Waals surface area contributed by atoms with E-state index in [4.69, 9.17) is 31.2 Å². The SMILES string of the molecule is COc1ccc(OC)c(NC(=S)N2CCN(C(=O)C3COc4ccccc4O3)CC2)c1. The van der Waals surface area contributed by atoms with Crippen LogP contribution in [0, 0.1) is 0 Å². The summed E-state index contributed by atoms with van der Waals surface area (Å²) in [4.78, 5) is 16.7. The normalized spacial score (nSPS) is 17.7. The summed E-state index contributed by atoms with van der Waals surface area (Å²) in [5.41, 5.74) is 0.733. The molecule has 0 aliphatic carbocycles. The zero-order valence-electron chi connectivity index (χ0n) is 17.5. The number of piperazine rings is 1. The van der Waals surface area contributed by atoms with Crippen molar-refractivity contribution in [3.05, 3.63) is 42.5 Å². The van der Waals surface area contributed by atoms with Gasteiger partial charge >= 0.3 is 0 Å². The number of methoxy groups -OCH3 is 2. The molecule has 1 saturated heterocycles. The van der Waals surface area contributed by atoms with Gasteiger partial charge in [-0.1, -0.05) is 12.1 Å². The number of hydrogen-bond donors (Lipinski definition) is 1. The van der Waals surface area contributed by atoms with E-state index in [0.717, 1.165) is 5.69 Å². The van der Waals surface area contributed by atoms with E-state index in [1.807, 2.05) is 47.4 Å². The van der Waals surface area contributed by atoms with Crippen molar-refractivity contribution < 1.29 is 23.7 Å². The smallest absolute Gasteiger partial charge is 0.267 e. The molecule has 0 radical (unpaired) electrons. The average Bonchev–Trinajstić information content (AvgIpc) is 2.83. The van der Waals surface area contributed by atoms with Crippen LogP contribution in [0.1, 0.15) is 0 Å². The highest BCUT2D eigenvalue weighted by Gasteiger charge is 2.33. The van der Waals surface area contributed by atoms with Crippen molar-refractivity contribution in [2.24, 2.45) is 0 Å². The molecule has 2 aromatic carbocycles. The molecular formula is C22H25N3O5S. The van der Waals surface area contributed by atoms with Gasteiger partial charge in [0.05, 0.1) is 19.9 Å². The summed E-state index contributed by atoms with van der Waals surface area (Å²) in [5.74, 6) is 2.58. The Morgan fingerprint density at radius 3 is 2.45 bits per heavy atom. The maximum atomic E-state index is 12.9. The quantitative estimate of drug-likeness (QED) is 0.723. The Balaban J connectivity index is 1.32. The molecular weight excluding hydrogens is 418 g/mol. The largest absolute Gasteiger partial charge is 0.497 e. The number of benzene rings is 2. The lowest BCUT2D eigenvalue weighted by molar-refractivity contribution is -0.142. The van der Waals surface area contributed by atoms with E-state index in [1.54, 1.807) is 19.1 Å². The second-order valence-electron chi connectivity index (χ2n) is 7.17. The minimum atomic E-state index is -0.632. The summed E-state index contributed by atoms with van der Waals surface area (Å²) in [6.45, 7) is 2.56. The van der Waals surface area contributed by atoms with Crippen LogP contribution in [0.3, 0.4) is 0 Å². The highest BCUT2D eigenvalue weighted by Crippen LogP contribution is 2.32. The van der Waals surface area contributed by atoms with Crippen LogP contribution in [-0.2, 0) is 4.79 Å². The third-order valence-electron chi connectivity index (χ3n) is 5.31. The minimum absolute atomic E-state index is 0.0671. The van der Waals surface area contributed by atoms with Gasteiger partial charge in [0.1, 0.15) is 18.1 Å². The second-order valence-corrected chi connectivity index (χ2v) is 7.56. The van der Waals surface area contributed by atoms with Crippen molar-refractivity contribution in [1.82, 2.24) is 9.80 Å². The van der Waals surface area contributed by atoms with Crippen molar-refractivity contribution in [1.29, 1.82) is 0 Å². The predicted molar refractivity (Wildman–Crippen MR) is 120 cm³/mol. The van der Waals surface area contributed by atoms with E-state index >= 15 is 0 Å². The predicted octanol–water partition coefficient (Wildman–Crippen LogP) is 2.38. The fraction of sp³-hybridized carbons (Fsp3) is 0.364. The number of hydrogen-bond acceptors (Lipinski definition) is 6. The number of nitrogens with zero attached hydrogens (tertiary/aromatic N) is 2. The third-order valence-corrected chi connectivity index (χ3v) is 5.67. The number of anilines is 1. The van der Waals surface area contributed by atoms with Crippen molar-refractivity contribution in [3.63, 3.8) is 0 Å². The van der Waals surface area contributed by atoms with Crippen molar-refractivity contribution in [2.45, 2.75) is 6.10 Å². The van der Waals surface area contributed by atoms with Gasteiger partial charge in [0.2, 0.25) is 6.10 Å². The molecule has 2 aliphatic rings. The summed E-state index contributed by atoms with van der Waals surface area (Å²) in [6, 6.07) is 12.9. The lowest BCUT2D eigenvalue weighted by Crippen LogP contribution is -2.55. The summed E-state index contributed by atoms with van der Waals surface area (Å²) in [7, 11) is 3.22. The zero-order chi connectivity index (χ0) is 21.8. The first kappa shape index (κ1) is 21.0. The van der Waals surface area contributed by atoms with Crippen LogP contribution in [0.5, 0.6) is 23.0 Å². The molecule has 1 fully saturated rings. The molecule has 0 saturated carbocycles. The van der Waals surface area contributed by atoms with Gasteiger partial charge in [-0.25, -0.2) is 0 Å².